The lowest BCUT2D eigenvalue weighted by molar-refractivity contribution is 0.00694. The van der Waals surface area contributed by atoms with Crippen LogP contribution >= 0.6 is 0 Å². The fourth-order valence-electron chi connectivity index (χ4n) is 2.44. The van der Waals surface area contributed by atoms with Crippen molar-refractivity contribution in [2.24, 2.45) is 0 Å². The Bertz CT molecular complexity index is 514. The third-order valence-corrected chi connectivity index (χ3v) is 3.34. The molecule has 0 spiro atoms. The van der Waals surface area contributed by atoms with Gasteiger partial charge in [-0.3, -0.25) is 0 Å². The molecule has 2 heterocycles. The van der Waals surface area contributed by atoms with Crippen molar-refractivity contribution in [1.29, 1.82) is 0 Å². The van der Waals surface area contributed by atoms with E-state index in [2.05, 4.69) is 15.6 Å². The van der Waals surface area contributed by atoms with Crippen molar-refractivity contribution in [1.82, 2.24) is 9.55 Å². The highest BCUT2D eigenvalue weighted by Gasteiger charge is 2.17. The van der Waals surface area contributed by atoms with Gasteiger partial charge in [0.1, 0.15) is 0 Å². The average molecular weight is 231 g/mol. The molecule has 1 fully saturated rings. The monoisotopic (exact) mass is 231 g/mol. The summed E-state index contributed by atoms with van der Waals surface area (Å²) in [5.74, 6) is 0.584. The molecule has 1 atom stereocenters. The Morgan fingerprint density at radius 2 is 2.24 bits per heavy atom. The number of hydrogen-bond donors (Lipinski definition) is 1. The van der Waals surface area contributed by atoms with E-state index in [4.69, 9.17) is 10.5 Å². The van der Waals surface area contributed by atoms with Crippen molar-refractivity contribution < 1.29 is 4.74 Å². The number of nitrogens with two attached hydrogens (primary N) is 1. The predicted octanol–water partition coefficient (Wildman–Crippen LogP) is 2.19. The van der Waals surface area contributed by atoms with Crippen LogP contribution < -0.4 is 5.73 Å². The number of fused-ring (bicyclic) bond motifs is 1. The highest BCUT2D eigenvalue weighted by Crippen LogP contribution is 2.21. The first kappa shape index (κ1) is 10.6. The summed E-state index contributed by atoms with van der Waals surface area (Å²) >= 11 is 0. The van der Waals surface area contributed by atoms with E-state index >= 15 is 0 Å². The minimum absolute atomic E-state index is 0.281. The number of para-hydroxylation sites is 2. The molecule has 1 unspecified atom stereocenters. The number of anilines is 1. The lowest BCUT2D eigenvalue weighted by Gasteiger charge is -2.23. The van der Waals surface area contributed by atoms with Gasteiger partial charge in [0, 0.05) is 6.61 Å². The van der Waals surface area contributed by atoms with Gasteiger partial charge in [-0.15, -0.1) is 0 Å². The second-order valence-electron chi connectivity index (χ2n) is 4.56. The first-order valence-electron chi connectivity index (χ1n) is 6.17. The Kier molecular flexibility index (Phi) is 2.73. The lowest BCUT2D eigenvalue weighted by Crippen LogP contribution is -2.25. The predicted molar refractivity (Wildman–Crippen MR) is 67.7 cm³/mol. The second kappa shape index (κ2) is 4.37. The van der Waals surface area contributed by atoms with Crippen molar-refractivity contribution in [2.75, 3.05) is 12.3 Å². The summed E-state index contributed by atoms with van der Waals surface area (Å²) in [5, 5.41) is 0. The average Bonchev–Trinajstić information content (AvgIpc) is 2.68. The molecule has 2 N–H and O–H groups in total. The van der Waals surface area contributed by atoms with Crippen LogP contribution in [-0.4, -0.2) is 22.3 Å². The number of rotatable bonds is 2. The van der Waals surface area contributed by atoms with E-state index in [9.17, 15) is 0 Å². The first-order chi connectivity index (χ1) is 8.34. The van der Waals surface area contributed by atoms with Gasteiger partial charge in [-0.1, -0.05) is 12.1 Å². The SMILES string of the molecule is Nc1nc2ccccc2n1CC1CCCCO1. The maximum absolute atomic E-state index is 5.97. The Morgan fingerprint density at radius 3 is 3.06 bits per heavy atom. The van der Waals surface area contributed by atoms with E-state index in [1.54, 1.807) is 0 Å². The van der Waals surface area contributed by atoms with Crippen LogP contribution in [0.1, 0.15) is 19.3 Å². The van der Waals surface area contributed by atoms with E-state index in [1.165, 1.54) is 12.8 Å². The normalized spacial score (nSPS) is 20.8. The first-order valence-corrected chi connectivity index (χ1v) is 6.17. The summed E-state index contributed by atoms with van der Waals surface area (Å²) in [6.45, 7) is 1.68. The molecule has 4 nitrogen and oxygen atoms in total. The highest BCUT2D eigenvalue weighted by atomic mass is 16.5. The van der Waals surface area contributed by atoms with E-state index in [1.807, 2.05) is 18.2 Å². The van der Waals surface area contributed by atoms with Gasteiger partial charge < -0.3 is 15.0 Å². The highest BCUT2D eigenvalue weighted by molar-refractivity contribution is 5.78. The van der Waals surface area contributed by atoms with Crippen molar-refractivity contribution in [3.63, 3.8) is 0 Å². The molecule has 0 bridgehead atoms. The molecule has 0 amide bonds. The molecule has 0 aliphatic carbocycles. The minimum atomic E-state index is 0.281. The summed E-state index contributed by atoms with van der Waals surface area (Å²) in [6.07, 6.45) is 3.82. The zero-order valence-corrected chi connectivity index (χ0v) is 9.80. The molecule has 0 radical (unpaired) electrons. The number of nitrogens with zero attached hydrogens (tertiary/aromatic N) is 2. The van der Waals surface area contributed by atoms with E-state index in [0.29, 0.717) is 5.95 Å². The fraction of sp³-hybridized carbons (Fsp3) is 0.462. The smallest absolute Gasteiger partial charge is 0.201 e. The molecular formula is C13H17N3O. The van der Waals surface area contributed by atoms with Crippen LogP contribution in [0, 0.1) is 0 Å². The van der Waals surface area contributed by atoms with Crippen LogP contribution in [0.3, 0.4) is 0 Å². The third-order valence-electron chi connectivity index (χ3n) is 3.34. The van der Waals surface area contributed by atoms with Gasteiger partial charge in [0.15, 0.2) is 0 Å². The number of hydrogen-bond acceptors (Lipinski definition) is 3. The van der Waals surface area contributed by atoms with Gasteiger partial charge in [-0.2, -0.15) is 0 Å². The Morgan fingerprint density at radius 1 is 1.35 bits per heavy atom. The summed E-state index contributed by atoms with van der Waals surface area (Å²) in [4.78, 5) is 4.36. The van der Waals surface area contributed by atoms with E-state index < -0.39 is 0 Å². The van der Waals surface area contributed by atoms with Crippen LogP contribution in [-0.2, 0) is 11.3 Å². The number of imidazole rings is 1. The summed E-state index contributed by atoms with van der Waals surface area (Å²) in [7, 11) is 0. The van der Waals surface area contributed by atoms with Gasteiger partial charge in [-0.25, -0.2) is 4.98 Å². The van der Waals surface area contributed by atoms with Crippen LogP contribution in [0.25, 0.3) is 11.0 Å². The molecule has 1 aromatic carbocycles. The standard InChI is InChI=1S/C13H17N3O/c14-13-15-11-6-1-2-7-12(11)16(13)9-10-5-3-4-8-17-10/h1-2,6-7,10H,3-5,8-9H2,(H2,14,15). The third kappa shape index (κ3) is 2.00. The van der Waals surface area contributed by atoms with Gasteiger partial charge in [0.2, 0.25) is 5.95 Å². The number of aromatic nitrogens is 2. The zero-order chi connectivity index (χ0) is 11.7. The maximum Gasteiger partial charge on any atom is 0.201 e. The van der Waals surface area contributed by atoms with Crippen LogP contribution in [0.5, 0.6) is 0 Å². The summed E-state index contributed by atoms with van der Waals surface area (Å²) in [5.41, 5.74) is 8.02. The topological polar surface area (TPSA) is 53.1 Å². The molecule has 1 aromatic heterocycles. The van der Waals surface area contributed by atoms with Crippen LogP contribution in [0.15, 0.2) is 24.3 Å². The van der Waals surface area contributed by atoms with Crippen molar-refractivity contribution in [3.8, 4) is 0 Å². The summed E-state index contributed by atoms with van der Waals surface area (Å²) in [6, 6.07) is 8.04. The molecule has 1 saturated heterocycles. The maximum atomic E-state index is 5.97. The largest absolute Gasteiger partial charge is 0.376 e. The van der Waals surface area contributed by atoms with Crippen molar-refractivity contribution in [2.45, 2.75) is 31.9 Å². The van der Waals surface area contributed by atoms with Crippen LogP contribution in [0.2, 0.25) is 0 Å². The molecule has 4 heteroatoms. The number of benzene rings is 1. The Balaban J connectivity index is 1.90. The molecular weight excluding hydrogens is 214 g/mol. The van der Waals surface area contributed by atoms with Gasteiger partial charge >= 0.3 is 0 Å². The van der Waals surface area contributed by atoms with Gasteiger partial charge in [0.25, 0.3) is 0 Å². The molecule has 1 aliphatic heterocycles. The van der Waals surface area contributed by atoms with Gasteiger partial charge in [-0.05, 0) is 31.4 Å². The molecule has 90 valence electrons. The molecule has 1 aliphatic rings. The molecule has 3 rings (SSSR count). The van der Waals surface area contributed by atoms with E-state index in [-0.39, 0.29) is 6.10 Å². The lowest BCUT2D eigenvalue weighted by atomic mass is 10.1. The van der Waals surface area contributed by atoms with Crippen molar-refractivity contribution in [3.05, 3.63) is 24.3 Å². The quantitative estimate of drug-likeness (QED) is 0.862. The minimum Gasteiger partial charge on any atom is -0.376 e. The fourth-order valence-corrected chi connectivity index (χ4v) is 2.44. The molecule has 17 heavy (non-hydrogen) atoms. The molecule has 2 aromatic rings. The Hall–Kier alpha value is -1.55. The molecule has 0 saturated carbocycles. The Labute approximate surface area is 100 Å². The zero-order valence-electron chi connectivity index (χ0n) is 9.80. The van der Waals surface area contributed by atoms with Crippen molar-refractivity contribution >= 4 is 17.0 Å². The van der Waals surface area contributed by atoms with E-state index in [0.717, 1.165) is 30.6 Å². The van der Waals surface area contributed by atoms with Crippen LogP contribution in [0.4, 0.5) is 5.95 Å². The summed E-state index contributed by atoms with van der Waals surface area (Å²) < 4.78 is 7.81. The number of nitrogen functional groups attached to an aromatic ring is 1. The number of ether oxygens (including phenoxy) is 1. The second-order valence-corrected chi connectivity index (χ2v) is 4.56. The van der Waals surface area contributed by atoms with Gasteiger partial charge in [0.05, 0.1) is 23.7 Å².